The monoisotopic (exact) mass is 502 g/mol. The fraction of sp³-hybridized carbons (Fsp3) is 0.240. The average molecular weight is 503 g/mol. The topological polar surface area (TPSA) is 66.5 Å². The van der Waals surface area contributed by atoms with E-state index in [0.29, 0.717) is 17.3 Å². The molecule has 0 atom stereocenters. The maximum atomic E-state index is 13.4. The van der Waals surface area contributed by atoms with Crippen LogP contribution in [0.15, 0.2) is 77.7 Å². The molecule has 0 spiro atoms. The van der Waals surface area contributed by atoms with E-state index < -0.39 is 10.0 Å². The number of halogens is 1. The van der Waals surface area contributed by atoms with Crippen LogP contribution in [0.3, 0.4) is 0 Å². The third-order valence-corrected chi connectivity index (χ3v) is 8.11. The maximum absolute atomic E-state index is 13.4. The number of hydrogen-bond donors (Lipinski definition) is 1. The number of carbonyl (C=O) groups excluding carboxylic acids is 1. The SMILES string of the molecule is Cc1cccc(N(CC(=O)NCCSCc2ccccc2C)S(=O)(=O)c2ccc(Cl)cc2)c1. The first-order valence-corrected chi connectivity index (χ1v) is 13.5. The van der Waals surface area contributed by atoms with E-state index in [2.05, 4.69) is 24.4 Å². The molecule has 3 aromatic rings. The summed E-state index contributed by atoms with van der Waals surface area (Å²) in [6.07, 6.45) is 0. The van der Waals surface area contributed by atoms with Gasteiger partial charge in [-0.3, -0.25) is 9.10 Å². The van der Waals surface area contributed by atoms with Gasteiger partial charge in [0.25, 0.3) is 10.0 Å². The highest BCUT2D eigenvalue weighted by atomic mass is 35.5. The van der Waals surface area contributed by atoms with Crippen LogP contribution in [0.25, 0.3) is 0 Å². The van der Waals surface area contributed by atoms with E-state index in [1.807, 2.05) is 25.1 Å². The van der Waals surface area contributed by atoms with E-state index in [0.717, 1.165) is 21.4 Å². The van der Waals surface area contributed by atoms with Gasteiger partial charge in [-0.05, 0) is 66.9 Å². The standard InChI is InChI=1S/C25H27ClN2O3S2/c1-19-6-5-9-23(16-19)28(33(30,31)24-12-10-22(26)11-13-24)17-25(29)27-14-15-32-18-21-8-4-3-7-20(21)2/h3-13,16H,14-15,17-18H2,1-2H3,(H,27,29). The lowest BCUT2D eigenvalue weighted by Crippen LogP contribution is -2.41. The van der Waals surface area contributed by atoms with Crippen LogP contribution in [0, 0.1) is 13.8 Å². The number of aryl methyl sites for hydroxylation is 2. The van der Waals surface area contributed by atoms with Gasteiger partial charge in [-0.15, -0.1) is 0 Å². The van der Waals surface area contributed by atoms with Crippen molar-refractivity contribution in [3.63, 3.8) is 0 Å². The summed E-state index contributed by atoms with van der Waals surface area (Å²) < 4.78 is 27.8. The van der Waals surface area contributed by atoms with Gasteiger partial charge in [0, 0.05) is 23.1 Å². The molecule has 0 aliphatic rings. The van der Waals surface area contributed by atoms with Crippen molar-refractivity contribution in [1.29, 1.82) is 0 Å². The Morgan fingerprint density at radius 1 is 1.00 bits per heavy atom. The van der Waals surface area contributed by atoms with Crippen LogP contribution in [0.4, 0.5) is 5.69 Å². The second kappa shape index (κ2) is 11.6. The summed E-state index contributed by atoms with van der Waals surface area (Å²) in [6, 6.07) is 21.2. The van der Waals surface area contributed by atoms with Crippen molar-refractivity contribution in [2.75, 3.05) is 23.1 Å². The zero-order valence-corrected chi connectivity index (χ0v) is 21.0. The summed E-state index contributed by atoms with van der Waals surface area (Å²) in [5, 5.41) is 3.29. The van der Waals surface area contributed by atoms with E-state index in [1.165, 1.54) is 35.4 Å². The van der Waals surface area contributed by atoms with Crippen LogP contribution in [0.1, 0.15) is 16.7 Å². The van der Waals surface area contributed by atoms with E-state index >= 15 is 0 Å². The zero-order valence-electron chi connectivity index (χ0n) is 18.6. The molecule has 3 aromatic carbocycles. The van der Waals surface area contributed by atoms with Crippen molar-refractivity contribution in [2.24, 2.45) is 0 Å². The normalized spacial score (nSPS) is 11.2. The molecule has 0 aliphatic carbocycles. The first kappa shape index (κ1) is 25.1. The minimum atomic E-state index is -3.95. The number of anilines is 1. The van der Waals surface area contributed by atoms with Gasteiger partial charge >= 0.3 is 0 Å². The van der Waals surface area contributed by atoms with Crippen molar-refractivity contribution in [2.45, 2.75) is 24.5 Å². The Morgan fingerprint density at radius 3 is 2.42 bits per heavy atom. The lowest BCUT2D eigenvalue weighted by Gasteiger charge is -2.24. The fourth-order valence-corrected chi connectivity index (χ4v) is 5.71. The predicted octanol–water partition coefficient (Wildman–Crippen LogP) is 5.20. The largest absolute Gasteiger partial charge is 0.354 e. The molecule has 174 valence electrons. The summed E-state index contributed by atoms with van der Waals surface area (Å²) >= 11 is 7.64. The maximum Gasteiger partial charge on any atom is 0.264 e. The highest BCUT2D eigenvalue weighted by Gasteiger charge is 2.27. The number of amides is 1. The van der Waals surface area contributed by atoms with Gasteiger partial charge in [0.05, 0.1) is 10.6 Å². The number of nitrogens with one attached hydrogen (secondary N) is 1. The lowest BCUT2D eigenvalue weighted by molar-refractivity contribution is -0.119. The number of benzene rings is 3. The van der Waals surface area contributed by atoms with E-state index in [-0.39, 0.29) is 17.3 Å². The highest BCUT2D eigenvalue weighted by Crippen LogP contribution is 2.25. The van der Waals surface area contributed by atoms with E-state index in [9.17, 15) is 13.2 Å². The highest BCUT2D eigenvalue weighted by molar-refractivity contribution is 7.98. The molecule has 0 unspecified atom stereocenters. The molecule has 0 radical (unpaired) electrons. The Kier molecular flexibility index (Phi) is 8.83. The van der Waals surface area contributed by atoms with Crippen molar-refractivity contribution in [1.82, 2.24) is 5.32 Å². The Morgan fingerprint density at radius 2 is 1.73 bits per heavy atom. The second-order valence-electron chi connectivity index (χ2n) is 7.63. The molecule has 0 bridgehead atoms. The summed E-state index contributed by atoms with van der Waals surface area (Å²) in [4.78, 5) is 12.8. The smallest absolute Gasteiger partial charge is 0.264 e. The van der Waals surface area contributed by atoms with Gasteiger partial charge < -0.3 is 5.32 Å². The van der Waals surface area contributed by atoms with Crippen LogP contribution in [0.2, 0.25) is 5.02 Å². The average Bonchev–Trinajstić information content (AvgIpc) is 2.78. The molecule has 0 saturated heterocycles. The zero-order chi connectivity index (χ0) is 23.8. The Labute approximate surface area is 205 Å². The Balaban J connectivity index is 1.65. The molecule has 1 N–H and O–H groups in total. The van der Waals surface area contributed by atoms with Crippen LogP contribution >= 0.6 is 23.4 Å². The first-order chi connectivity index (χ1) is 15.8. The molecule has 8 heteroatoms. The first-order valence-electron chi connectivity index (χ1n) is 10.5. The summed E-state index contributed by atoms with van der Waals surface area (Å²) in [6.45, 7) is 4.11. The summed E-state index contributed by atoms with van der Waals surface area (Å²) in [5.41, 5.74) is 3.86. The quantitative estimate of drug-likeness (QED) is 0.387. The Hall–Kier alpha value is -2.48. The third-order valence-electron chi connectivity index (χ3n) is 5.07. The number of hydrogen-bond acceptors (Lipinski definition) is 4. The molecule has 33 heavy (non-hydrogen) atoms. The van der Waals surface area contributed by atoms with Gasteiger partial charge in [0.1, 0.15) is 6.54 Å². The second-order valence-corrected chi connectivity index (χ2v) is 11.0. The molecule has 1 amide bonds. The number of sulfonamides is 1. The molecule has 0 saturated carbocycles. The van der Waals surface area contributed by atoms with Crippen molar-refractivity contribution in [3.05, 3.63) is 94.5 Å². The minimum Gasteiger partial charge on any atom is -0.354 e. The van der Waals surface area contributed by atoms with Gasteiger partial charge in [-0.1, -0.05) is 48.0 Å². The van der Waals surface area contributed by atoms with Gasteiger partial charge in [0.15, 0.2) is 0 Å². The molecule has 0 heterocycles. The van der Waals surface area contributed by atoms with Crippen LogP contribution < -0.4 is 9.62 Å². The molecule has 0 aliphatic heterocycles. The fourth-order valence-electron chi connectivity index (χ4n) is 3.24. The molecule has 5 nitrogen and oxygen atoms in total. The van der Waals surface area contributed by atoms with Gasteiger partial charge in [0.2, 0.25) is 5.91 Å². The molecular formula is C25H27ClN2O3S2. The molecule has 0 aromatic heterocycles. The number of thioether (sulfide) groups is 1. The number of carbonyl (C=O) groups is 1. The van der Waals surface area contributed by atoms with Gasteiger partial charge in [-0.2, -0.15) is 11.8 Å². The van der Waals surface area contributed by atoms with Gasteiger partial charge in [-0.25, -0.2) is 8.42 Å². The molecule has 3 rings (SSSR count). The summed E-state index contributed by atoms with van der Waals surface area (Å²) in [7, 11) is -3.95. The van der Waals surface area contributed by atoms with Crippen LogP contribution in [-0.2, 0) is 20.6 Å². The van der Waals surface area contributed by atoms with E-state index in [4.69, 9.17) is 11.6 Å². The number of rotatable bonds is 10. The Bertz CT molecular complexity index is 1200. The lowest BCUT2D eigenvalue weighted by atomic mass is 10.1. The van der Waals surface area contributed by atoms with E-state index in [1.54, 1.807) is 30.0 Å². The van der Waals surface area contributed by atoms with Crippen LogP contribution in [-0.4, -0.2) is 33.2 Å². The van der Waals surface area contributed by atoms with Crippen LogP contribution in [0.5, 0.6) is 0 Å². The molecular weight excluding hydrogens is 476 g/mol. The van der Waals surface area contributed by atoms with Crippen molar-refractivity contribution >= 4 is 45.0 Å². The summed E-state index contributed by atoms with van der Waals surface area (Å²) in [5.74, 6) is 1.24. The predicted molar refractivity (Wildman–Crippen MR) is 138 cm³/mol. The minimum absolute atomic E-state index is 0.0787. The van der Waals surface area contributed by atoms with Crippen molar-refractivity contribution in [3.8, 4) is 0 Å². The molecule has 0 fully saturated rings. The third kappa shape index (κ3) is 7.00. The van der Waals surface area contributed by atoms with Crippen molar-refractivity contribution < 1.29 is 13.2 Å². The number of nitrogens with zero attached hydrogens (tertiary/aromatic N) is 1.